The van der Waals surface area contributed by atoms with Crippen molar-refractivity contribution in [3.63, 3.8) is 0 Å². The molecule has 0 N–H and O–H groups in total. The Hall–Kier alpha value is -2.07. The largest absolute Gasteiger partial charge is 0.497 e. The Labute approximate surface area is 124 Å². The summed E-state index contributed by atoms with van der Waals surface area (Å²) in [6.45, 7) is 2.62. The number of anilines is 2. The number of halogens is 1. The molecule has 0 atom stereocenters. The van der Waals surface area contributed by atoms with E-state index in [1.165, 1.54) is 11.6 Å². The molecule has 0 saturated heterocycles. The molecule has 0 saturated carbocycles. The molecule has 0 unspecified atom stereocenters. The van der Waals surface area contributed by atoms with Gasteiger partial charge in [0.1, 0.15) is 11.6 Å². The fraction of sp³-hybridized carbons (Fsp3) is 0.294. The van der Waals surface area contributed by atoms with Crippen molar-refractivity contribution in [3.05, 3.63) is 53.8 Å². The van der Waals surface area contributed by atoms with Crippen LogP contribution in [0.1, 0.15) is 5.56 Å². The Bertz CT molecular complexity index is 644. The van der Waals surface area contributed by atoms with Gasteiger partial charge < -0.3 is 14.5 Å². The number of ether oxygens (including phenoxy) is 1. The zero-order valence-electron chi connectivity index (χ0n) is 12.3. The van der Waals surface area contributed by atoms with Gasteiger partial charge in [-0.15, -0.1) is 0 Å². The predicted octanol–water partition coefficient (Wildman–Crippen LogP) is 3.42. The smallest absolute Gasteiger partial charge is 0.125 e. The van der Waals surface area contributed by atoms with Crippen molar-refractivity contribution in [2.45, 2.75) is 6.54 Å². The Morgan fingerprint density at radius 3 is 2.71 bits per heavy atom. The second-order valence-corrected chi connectivity index (χ2v) is 5.36. The van der Waals surface area contributed by atoms with Gasteiger partial charge in [-0.1, -0.05) is 6.07 Å². The van der Waals surface area contributed by atoms with Gasteiger partial charge in [0.05, 0.1) is 7.11 Å². The van der Waals surface area contributed by atoms with Gasteiger partial charge in [0.15, 0.2) is 0 Å². The molecule has 110 valence electrons. The summed E-state index contributed by atoms with van der Waals surface area (Å²) in [6.07, 6.45) is 0. The summed E-state index contributed by atoms with van der Waals surface area (Å²) in [4.78, 5) is 4.43. The maximum absolute atomic E-state index is 13.5. The Morgan fingerprint density at radius 1 is 1.10 bits per heavy atom. The predicted molar refractivity (Wildman–Crippen MR) is 82.7 cm³/mol. The molecule has 0 bridgehead atoms. The number of methoxy groups -OCH3 is 1. The normalized spacial score (nSPS) is 15.5. The van der Waals surface area contributed by atoms with Crippen molar-refractivity contribution >= 4 is 11.4 Å². The molecule has 0 aliphatic carbocycles. The minimum Gasteiger partial charge on any atom is -0.497 e. The maximum atomic E-state index is 13.5. The third kappa shape index (κ3) is 2.85. The van der Waals surface area contributed by atoms with Crippen LogP contribution >= 0.6 is 0 Å². The van der Waals surface area contributed by atoms with Crippen LogP contribution in [-0.2, 0) is 6.54 Å². The van der Waals surface area contributed by atoms with Crippen LogP contribution in [0.15, 0.2) is 42.5 Å². The summed E-state index contributed by atoms with van der Waals surface area (Å²) in [5.41, 5.74) is 3.20. The highest BCUT2D eigenvalue weighted by molar-refractivity contribution is 5.68. The second-order valence-electron chi connectivity index (χ2n) is 5.36. The minimum atomic E-state index is -0.208. The fourth-order valence-corrected chi connectivity index (χ4v) is 2.75. The van der Waals surface area contributed by atoms with E-state index in [4.69, 9.17) is 4.74 Å². The van der Waals surface area contributed by atoms with Crippen molar-refractivity contribution in [3.8, 4) is 5.75 Å². The molecule has 4 heteroatoms. The first-order chi connectivity index (χ1) is 10.2. The quantitative estimate of drug-likeness (QED) is 0.841. The van der Waals surface area contributed by atoms with Gasteiger partial charge in [-0.2, -0.15) is 0 Å². The van der Waals surface area contributed by atoms with E-state index < -0.39 is 0 Å². The zero-order chi connectivity index (χ0) is 14.8. The van der Waals surface area contributed by atoms with Crippen LogP contribution in [0, 0.1) is 5.82 Å². The summed E-state index contributed by atoms with van der Waals surface area (Å²) in [5.74, 6) is 0.642. The number of rotatable bonds is 2. The first kappa shape index (κ1) is 13.9. The summed E-state index contributed by atoms with van der Waals surface area (Å²) in [5, 5.41) is 0. The van der Waals surface area contributed by atoms with Gasteiger partial charge in [-0.3, -0.25) is 0 Å². The fourth-order valence-electron chi connectivity index (χ4n) is 2.75. The highest BCUT2D eigenvalue weighted by atomic mass is 19.1. The Morgan fingerprint density at radius 2 is 1.95 bits per heavy atom. The van der Waals surface area contributed by atoms with Gasteiger partial charge in [-0.25, -0.2) is 4.39 Å². The van der Waals surface area contributed by atoms with Crippen LogP contribution in [0.4, 0.5) is 15.8 Å². The molecule has 1 heterocycles. The highest BCUT2D eigenvalue weighted by Crippen LogP contribution is 2.33. The highest BCUT2D eigenvalue weighted by Gasteiger charge is 2.20. The molecule has 2 aromatic rings. The third-order valence-electron chi connectivity index (χ3n) is 3.84. The lowest BCUT2D eigenvalue weighted by atomic mass is 10.1. The molecule has 3 rings (SSSR count). The lowest BCUT2D eigenvalue weighted by molar-refractivity contribution is 0.342. The van der Waals surface area contributed by atoms with Gasteiger partial charge in [-0.05, 0) is 49.0 Å². The second kappa shape index (κ2) is 5.74. The molecule has 0 radical (unpaired) electrons. The van der Waals surface area contributed by atoms with E-state index in [-0.39, 0.29) is 5.82 Å². The molecular weight excluding hydrogens is 267 g/mol. The molecule has 0 aromatic heterocycles. The minimum absolute atomic E-state index is 0.208. The van der Waals surface area contributed by atoms with Crippen LogP contribution in [0.2, 0.25) is 0 Å². The average Bonchev–Trinajstić information content (AvgIpc) is 2.64. The Kier molecular flexibility index (Phi) is 3.80. The monoisotopic (exact) mass is 286 g/mol. The van der Waals surface area contributed by atoms with Gasteiger partial charge in [0, 0.05) is 31.0 Å². The summed E-state index contributed by atoms with van der Waals surface area (Å²) < 4.78 is 18.9. The average molecular weight is 286 g/mol. The zero-order valence-corrected chi connectivity index (χ0v) is 12.3. The summed E-state index contributed by atoms with van der Waals surface area (Å²) in [6, 6.07) is 12.8. The van der Waals surface area contributed by atoms with Crippen LogP contribution in [0.25, 0.3) is 0 Å². The standard InChI is InChI=1S/C17H19FN2O/c1-19-8-9-20(15-5-3-4-14(18)11-15)17-7-6-16(21-2)10-13(17)12-19/h3-7,10-11H,8-9,12H2,1-2H3. The molecule has 2 aromatic carbocycles. The van der Waals surface area contributed by atoms with E-state index in [0.717, 1.165) is 36.8 Å². The van der Waals surface area contributed by atoms with Gasteiger partial charge in [0.2, 0.25) is 0 Å². The van der Waals surface area contributed by atoms with E-state index in [2.05, 4.69) is 29.0 Å². The molecule has 3 nitrogen and oxygen atoms in total. The lowest BCUT2D eigenvalue weighted by Gasteiger charge is -2.25. The van der Waals surface area contributed by atoms with Gasteiger partial charge >= 0.3 is 0 Å². The van der Waals surface area contributed by atoms with Crippen molar-refractivity contribution in [2.24, 2.45) is 0 Å². The number of hydrogen-bond acceptors (Lipinski definition) is 3. The maximum Gasteiger partial charge on any atom is 0.125 e. The SMILES string of the molecule is COc1ccc2c(c1)CN(C)CCN2c1cccc(F)c1. The molecule has 0 fully saturated rings. The van der Waals surface area contributed by atoms with E-state index in [1.54, 1.807) is 19.2 Å². The van der Waals surface area contributed by atoms with Crippen LogP contribution in [0.5, 0.6) is 5.75 Å². The molecule has 1 aliphatic rings. The first-order valence-electron chi connectivity index (χ1n) is 7.06. The van der Waals surface area contributed by atoms with E-state index in [9.17, 15) is 4.39 Å². The van der Waals surface area contributed by atoms with Crippen molar-refractivity contribution in [1.29, 1.82) is 0 Å². The Balaban J connectivity index is 2.07. The number of likely N-dealkylation sites (N-methyl/N-ethyl adjacent to an activating group) is 1. The topological polar surface area (TPSA) is 15.7 Å². The number of fused-ring (bicyclic) bond motifs is 1. The van der Waals surface area contributed by atoms with Crippen LogP contribution in [-0.4, -0.2) is 32.1 Å². The summed E-state index contributed by atoms with van der Waals surface area (Å²) in [7, 11) is 3.77. The van der Waals surface area contributed by atoms with E-state index >= 15 is 0 Å². The molecule has 0 amide bonds. The van der Waals surface area contributed by atoms with Crippen LogP contribution in [0.3, 0.4) is 0 Å². The third-order valence-corrected chi connectivity index (χ3v) is 3.84. The first-order valence-corrected chi connectivity index (χ1v) is 7.06. The van der Waals surface area contributed by atoms with Crippen molar-refractivity contribution in [2.75, 3.05) is 32.1 Å². The molecule has 21 heavy (non-hydrogen) atoms. The van der Waals surface area contributed by atoms with Crippen LogP contribution < -0.4 is 9.64 Å². The molecule has 0 spiro atoms. The number of hydrogen-bond donors (Lipinski definition) is 0. The van der Waals surface area contributed by atoms with E-state index in [0.29, 0.717) is 0 Å². The van der Waals surface area contributed by atoms with E-state index in [1.807, 2.05) is 12.1 Å². The summed E-state index contributed by atoms with van der Waals surface area (Å²) >= 11 is 0. The van der Waals surface area contributed by atoms with Crippen molar-refractivity contribution in [1.82, 2.24) is 4.90 Å². The molecular formula is C17H19FN2O. The molecule has 1 aliphatic heterocycles. The lowest BCUT2D eigenvalue weighted by Crippen LogP contribution is -2.26. The number of benzene rings is 2. The number of nitrogens with zero attached hydrogens (tertiary/aromatic N) is 2. The van der Waals surface area contributed by atoms with Crippen molar-refractivity contribution < 1.29 is 9.13 Å². The van der Waals surface area contributed by atoms with Gasteiger partial charge in [0.25, 0.3) is 0 Å².